The summed E-state index contributed by atoms with van der Waals surface area (Å²) in [4.78, 5) is 45.9. The number of fused-ring (bicyclic) bond motifs is 3. The minimum absolute atomic E-state index is 0.0784. The summed E-state index contributed by atoms with van der Waals surface area (Å²) in [5.41, 5.74) is 1.30. The van der Waals surface area contributed by atoms with Crippen molar-refractivity contribution in [1.29, 1.82) is 0 Å². The molecule has 7 heterocycles. The Labute approximate surface area is 393 Å². The van der Waals surface area contributed by atoms with Crippen LogP contribution in [0.25, 0.3) is 39.0 Å². The van der Waals surface area contributed by atoms with Crippen molar-refractivity contribution in [2.45, 2.75) is 104 Å². The number of carbonyl (C=O) groups is 1. The third kappa shape index (κ3) is 8.39. The average Bonchev–Trinajstić information content (AvgIpc) is 3.91. The quantitative estimate of drug-likeness (QED) is 0.156. The van der Waals surface area contributed by atoms with Gasteiger partial charge in [0, 0.05) is 48.4 Å². The van der Waals surface area contributed by atoms with Gasteiger partial charge in [0.25, 0.3) is 5.91 Å². The van der Waals surface area contributed by atoms with Gasteiger partial charge in [0.15, 0.2) is 11.6 Å². The molecule has 2 N–H and O–H groups in total. The summed E-state index contributed by atoms with van der Waals surface area (Å²) < 4.78 is 79.0. The Morgan fingerprint density at radius 3 is 2.30 bits per heavy atom. The molecule has 1 aliphatic carbocycles. The first-order valence-electron chi connectivity index (χ1n) is 23.1. The number of aryl methyl sites for hydroxylation is 3. The van der Waals surface area contributed by atoms with Gasteiger partial charge in [0.2, 0.25) is 0 Å². The molecule has 4 atom stereocenters. The number of aromatic amines is 2. The lowest BCUT2D eigenvalue weighted by molar-refractivity contribution is -0.0593. The molecule has 19 heteroatoms. The number of nitrogens with zero attached hydrogens (tertiary/aromatic N) is 8. The molecule has 1 saturated heterocycles. The lowest BCUT2D eigenvalue weighted by atomic mass is 9.83. The van der Waals surface area contributed by atoms with Gasteiger partial charge < -0.3 is 14.6 Å². The molecule has 3 unspecified atom stereocenters. The molecule has 15 nitrogen and oxygen atoms in total. The molecule has 2 aliphatic heterocycles. The Kier molecular flexibility index (Phi) is 11.9. The van der Waals surface area contributed by atoms with Crippen LogP contribution in [0.4, 0.5) is 17.6 Å². The van der Waals surface area contributed by atoms with E-state index in [-0.39, 0.29) is 56.5 Å². The van der Waals surface area contributed by atoms with Crippen LogP contribution < -0.4 is 11.4 Å². The van der Waals surface area contributed by atoms with E-state index in [0.717, 1.165) is 44.2 Å². The SMILES string of the molecule is CC.CC1CC1c1noc(=O)[nH]1.Cc1cc(-n2nc3c(c2-n2ccn(-c4ccc5c(cnn5C)c4F)c2=O)[C@H](C)N(C(=O)c2cc4cc(C5CCOC(C)(C)C5)ccc4[nH]2)CC3(F)F)cc(C)c1F. The summed E-state index contributed by atoms with van der Waals surface area (Å²) in [6, 6.07) is 12.6. The molecule has 3 aliphatic rings. The molecular weight excluding hydrogens is 897 g/mol. The summed E-state index contributed by atoms with van der Waals surface area (Å²) in [5, 5.41) is 13.1. The number of carbonyl (C=O) groups excluding carboxylic acids is 1. The second kappa shape index (κ2) is 17.5. The number of aromatic nitrogens is 9. The lowest BCUT2D eigenvalue weighted by Gasteiger charge is -2.37. The van der Waals surface area contributed by atoms with Crippen LogP contribution in [0, 0.1) is 31.4 Å². The maximum Gasteiger partial charge on any atom is 0.438 e. The van der Waals surface area contributed by atoms with E-state index in [1.807, 2.05) is 32.0 Å². The van der Waals surface area contributed by atoms with Gasteiger partial charge in [-0.15, -0.1) is 0 Å². The highest BCUT2D eigenvalue weighted by molar-refractivity contribution is 5.98. The summed E-state index contributed by atoms with van der Waals surface area (Å²) in [5.74, 6) is -3.98. The van der Waals surface area contributed by atoms with E-state index in [2.05, 4.69) is 50.6 Å². The van der Waals surface area contributed by atoms with Gasteiger partial charge in [-0.3, -0.25) is 28.1 Å². The number of alkyl halides is 2. The van der Waals surface area contributed by atoms with Gasteiger partial charge >= 0.3 is 17.4 Å². The Morgan fingerprint density at radius 1 is 0.928 bits per heavy atom. The summed E-state index contributed by atoms with van der Waals surface area (Å²) in [6.07, 6.45) is 6.85. The highest BCUT2D eigenvalue weighted by atomic mass is 19.3. The predicted molar refractivity (Wildman–Crippen MR) is 251 cm³/mol. The van der Waals surface area contributed by atoms with Gasteiger partial charge in [-0.25, -0.2) is 23.1 Å². The summed E-state index contributed by atoms with van der Waals surface area (Å²) in [7, 11) is 1.67. The first-order valence-corrected chi connectivity index (χ1v) is 23.1. The van der Waals surface area contributed by atoms with E-state index >= 15 is 13.2 Å². The van der Waals surface area contributed by atoms with Crippen LogP contribution >= 0.6 is 0 Å². The first-order chi connectivity index (χ1) is 32.8. The highest BCUT2D eigenvalue weighted by Crippen LogP contribution is 2.46. The first kappa shape index (κ1) is 47.1. The fourth-order valence-corrected chi connectivity index (χ4v) is 9.75. The van der Waals surface area contributed by atoms with Gasteiger partial charge in [-0.05, 0) is 125 Å². The van der Waals surface area contributed by atoms with Crippen molar-refractivity contribution in [2.24, 2.45) is 13.0 Å². The van der Waals surface area contributed by atoms with E-state index in [4.69, 9.17) is 4.74 Å². The Bertz CT molecular complexity index is 3370. The Balaban J connectivity index is 0.000000433. The van der Waals surface area contributed by atoms with Crippen molar-refractivity contribution in [3.8, 4) is 17.2 Å². The van der Waals surface area contributed by atoms with E-state index < -0.39 is 53.2 Å². The van der Waals surface area contributed by atoms with Crippen LogP contribution in [0.5, 0.6) is 0 Å². The van der Waals surface area contributed by atoms with Crippen molar-refractivity contribution >= 4 is 27.7 Å². The molecule has 69 heavy (non-hydrogen) atoms. The van der Waals surface area contributed by atoms with Crippen LogP contribution in [-0.2, 0) is 17.7 Å². The zero-order chi connectivity index (χ0) is 49.4. The fraction of sp³-hybridized carbons (Fsp3) is 0.400. The van der Waals surface area contributed by atoms with E-state index in [1.54, 1.807) is 40.0 Å². The number of rotatable bonds is 6. The van der Waals surface area contributed by atoms with E-state index in [0.29, 0.717) is 35.3 Å². The molecule has 3 aromatic carbocycles. The van der Waals surface area contributed by atoms with Crippen molar-refractivity contribution in [3.05, 3.63) is 139 Å². The smallest absolute Gasteiger partial charge is 0.376 e. The molecule has 0 radical (unpaired) electrons. The second-order valence-electron chi connectivity index (χ2n) is 18.8. The number of imidazole rings is 1. The maximum absolute atomic E-state index is 16.5. The van der Waals surface area contributed by atoms with E-state index in [9.17, 15) is 18.8 Å². The monoisotopic (exact) mass is 950 g/mol. The van der Waals surface area contributed by atoms with Crippen LogP contribution in [0.2, 0.25) is 0 Å². The molecule has 8 aromatic rings. The maximum atomic E-state index is 16.5. The zero-order valence-electron chi connectivity index (χ0n) is 39.8. The number of ether oxygens (including phenoxy) is 1. The number of hydrogen-bond donors (Lipinski definition) is 2. The summed E-state index contributed by atoms with van der Waals surface area (Å²) in [6.45, 7) is 14.6. The van der Waals surface area contributed by atoms with Crippen molar-refractivity contribution in [3.63, 3.8) is 0 Å². The molecule has 5 aromatic heterocycles. The second-order valence-corrected chi connectivity index (χ2v) is 18.8. The number of nitrogens with one attached hydrogen (secondary N) is 2. The largest absolute Gasteiger partial charge is 0.438 e. The van der Waals surface area contributed by atoms with Gasteiger partial charge in [-0.1, -0.05) is 32.0 Å². The third-order valence-corrected chi connectivity index (χ3v) is 13.5. The van der Waals surface area contributed by atoms with Crippen molar-refractivity contribution in [2.75, 3.05) is 13.2 Å². The molecule has 11 rings (SSSR count). The van der Waals surface area contributed by atoms with Crippen LogP contribution in [0.1, 0.15) is 123 Å². The molecule has 1 amide bonds. The average molecular weight is 951 g/mol. The number of amides is 1. The minimum Gasteiger partial charge on any atom is -0.376 e. The zero-order valence-corrected chi connectivity index (χ0v) is 39.8. The number of H-pyrrole nitrogens is 2. The predicted octanol–water partition coefficient (Wildman–Crippen LogP) is 9.57. The number of hydrogen-bond acceptors (Lipinski definition) is 8. The standard InChI is InChI=1S/C42H40F4N8O3.C6H8N2O2.C2H6/c1-22-15-28(16-23(2)35(22)43)54-38(52-13-12-51(40(52)56)33-10-9-32-29(36(33)44)20-47-50(32)6)34-24(3)53(21-42(45,46)37(34)49-54)39(55)31-18-27-17-25(7-8-30(27)48-31)26-11-14-57-41(4,5)19-26;1-3-2-4(3)5-7-6(9)10-8-5;1-2/h7-10,12-13,15-18,20,24,26,48H,11,14,19,21H2,1-6H3;3-4H,2H2,1H3,(H,7,8,9);1-2H3/t24-,26?;;/m0../s1. The van der Waals surface area contributed by atoms with Gasteiger partial charge in [0.05, 0.1) is 46.7 Å². The number of benzene rings is 3. The van der Waals surface area contributed by atoms with Crippen LogP contribution in [-0.4, -0.2) is 73.4 Å². The van der Waals surface area contributed by atoms with Crippen LogP contribution in [0.3, 0.4) is 0 Å². The van der Waals surface area contributed by atoms with Crippen molar-refractivity contribution < 1.29 is 31.6 Å². The van der Waals surface area contributed by atoms with Crippen LogP contribution in [0.15, 0.2) is 81.2 Å². The molecule has 362 valence electrons. The minimum atomic E-state index is -3.67. The Hall–Kier alpha value is -7.02. The Morgan fingerprint density at radius 2 is 1.64 bits per heavy atom. The molecule has 0 bridgehead atoms. The normalized spacial score (nSPS) is 20.3. The molecule has 2 fully saturated rings. The molecule has 1 saturated carbocycles. The van der Waals surface area contributed by atoms with Gasteiger partial charge in [-0.2, -0.15) is 19.0 Å². The lowest BCUT2D eigenvalue weighted by Crippen LogP contribution is -2.46. The topological polar surface area (TPSA) is 167 Å². The van der Waals surface area contributed by atoms with Gasteiger partial charge in [0.1, 0.15) is 23.0 Å². The fourth-order valence-electron chi connectivity index (χ4n) is 9.75. The molecule has 0 spiro atoms. The van der Waals surface area contributed by atoms with Crippen molar-refractivity contribution in [1.82, 2.24) is 48.7 Å². The molecular formula is C50H54F4N10O5. The van der Waals surface area contributed by atoms with E-state index in [1.165, 1.54) is 46.2 Å². The third-order valence-electron chi connectivity index (χ3n) is 13.5. The summed E-state index contributed by atoms with van der Waals surface area (Å²) >= 11 is 0. The highest BCUT2D eigenvalue weighted by Gasteiger charge is 2.50. The number of halogens is 4.